The Bertz CT molecular complexity index is 1080. The molecule has 0 N–H and O–H groups in total. The minimum Gasteiger partial charge on any atom is -0.440 e. The van der Waals surface area contributed by atoms with Gasteiger partial charge in [-0.05, 0) is 37.1 Å². The fourth-order valence-electron chi connectivity index (χ4n) is 3.74. The number of piperidine rings is 1. The number of benzene rings is 2. The van der Waals surface area contributed by atoms with Gasteiger partial charge in [0.05, 0.1) is 16.8 Å². The fourth-order valence-corrected chi connectivity index (χ4v) is 4.64. The van der Waals surface area contributed by atoms with Gasteiger partial charge in [0.25, 0.3) is 0 Å². The molecule has 1 saturated heterocycles. The average molecular weight is 407 g/mol. The quantitative estimate of drug-likeness (QED) is 0.492. The van der Waals surface area contributed by atoms with Crippen LogP contribution in [0.2, 0.25) is 0 Å². The normalized spacial score (nSPS) is 15.4. The lowest BCUT2D eigenvalue weighted by atomic mass is 9.97. The number of carbonyl (C=O) groups is 1. The van der Waals surface area contributed by atoms with Crippen LogP contribution in [0.5, 0.6) is 0 Å². The molecule has 0 bridgehead atoms. The molecule has 4 aromatic rings. The Labute approximate surface area is 172 Å². The van der Waals surface area contributed by atoms with Crippen molar-refractivity contribution in [2.45, 2.75) is 25.4 Å². The molecule has 1 aliphatic heterocycles. The zero-order valence-electron chi connectivity index (χ0n) is 15.9. The molecular formula is C22H21N3O3S. The van der Waals surface area contributed by atoms with Crippen LogP contribution in [0.25, 0.3) is 21.3 Å². The van der Waals surface area contributed by atoms with Gasteiger partial charge in [0, 0.05) is 19.0 Å². The largest absolute Gasteiger partial charge is 0.440 e. The van der Waals surface area contributed by atoms with E-state index < -0.39 is 0 Å². The van der Waals surface area contributed by atoms with E-state index in [2.05, 4.69) is 9.97 Å². The Kier molecular flexibility index (Phi) is 4.99. The SMILES string of the molecule is O=C(COCc1nc2ccccc2s1)N1CCC(c2nc3ccccc3o2)CC1. The summed E-state index contributed by atoms with van der Waals surface area (Å²) < 4.78 is 12.7. The highest BCUT2D eigenvalue weighted by Gasteiger charge is 2.27. The van der Waals surface area contributed by atoms with Crippen molar-refractivity contribution in [2.24, 2.45) is 0 Å². The molecule has 0 saturated carbocycles. The summed E-state index contributed by atoms with van der Waals surface area (Å²) in [7, 11) is 0. The molecule has 0 atom stereocenters. The van der Waals surface area contributed by atoms with Gasteiger partial charge in [-0.2, -0.15) is 0 Å². The van der Waals surface area contributed by atoms with Crippen LogP contribution in [0.1, 0.15) is 29.7 Å². The van der Waals surface area contributed by atoms with Crippen LogP contribution in [0.3, 0.4) is 0 Å². The summed E-state index contributed by atoms with van der Waals surface area (Å²) in [6.45, 7) is 1.85. The van der Waals surface area contributed by atoms with Crippen LogP contribution >= 0.6 is 11.3 Å². The van der Waals surface area contributed by atoms with Crippen molar-refractivity contribution in [1.82, 2.24) is 14.9 Å². The number of thiazole rings is 1. The van der Waals surface area contributed by atoms with Crippen LogP contribution in [0, 0.1) is 0 Å². The van der Waals surface area contributed by atoms with Crippen molar-refractivity contribution in [1.29, 1.82) is 0 Å². The minimum atomic E-state index is 0.0297. The predicted molar refractivity (Wildman–Crippen MR) is 112 cm³/mol. The van der Waals surface area contributed by atoms with Crippen molar-refractivity contribution in [2.75, 3.05) is 19.7 Å². The van der Waals surface area contributed by atoms with Gasteiger partial charge in [-0.25, -0.2) is 9.97 Å². The molecule has 0 spiro atoms. The number of hydrogen-bond donors (Lipinski definition) is 0. The van der Waals surface area contributed by atoms with Gasteiger partial charge in [-0.3, -0.25) is 4.79 Å². The molecule has 7 heteroatoms. The topological polar surface area (TPSA) is 68.5 Å². The van der Waals surface area contributed by atoms with Crippen LogP contribution < -0.4 is 0 Å². The first-order chi connectivity index (χ1) is 14.3. The predicted octanol–water partition coefficient (Wildman–Crippen LogP) is 4.36. The zero-order chi connectivity index (χ0) is 19.6. The first kappa shape index (κ1) is 18.3. The Morgan fingerprint density at radius 3 is 2.62 bits per heavy atom. The number of nitrogens with zero attached hydrogens (tertiary/aromatic N) is 3. The van der Waals surface area contributed by atoms with Crippen molar-refractivity contribution in [3.05, 3.63) is 59.4 Å². The number of amides is 1. The van der Waals surface area contributed by atoms with Crippen molar-refractivity contribution < 1.29 is 13.9 Å². The number of carbonyl (C=O) groups excluding carboxylic acids is 1. The summed E-state index contributed by atoms with van der Waals surface area (Å²) in [6.07, 6.45) is 1.72. The van der Waals surface area contributed by atoms with Gasteiger partial charge in [-0.15, -0.1) is 11.3 Å². The third-order valence-corrected chi connectivity index (χ3v) is 6.31. The first-order valence-corrected chi connectivity index (χ1v) is 10.6. The number of para-hydroxylation sites is 3. The molecule has 1 aliphatic rings. The van der Waals surface area contributed by atoms with Crippen LogP contribution in [-0.2, 0) is 16.1 Å². The summed E-state index contributed by atoms with van der Waals surface area (Å²) in [5.74, 6) is 1.07. The molecule has 2 aromatic heterocycles. The fraction of sp³-hybridized carbons (Fsp3) is 0.318. The highest BCUT2D eigenvalue weighted by atomic mass is 32.1. The maximum absolute atomic E-state index is 12.5. The lowest BCUT2D eigenvalue weighted by Crippen LogP contribution is -2.40. The van der Waals surface area contributed by atoms with E-state index in [1.165, 1.54) is 0 Å². The molecule has 1 fully saturated rings. The van der Waals surface area contributed by atoms with E-state index in [1.807, 2.05) is 53.4 Å². The Hall–Kier alpha value is -2.77. The monoisotopic (exact) mass is 407 g/mol. The summed E-state index contributed by atoms with van der Waals surface area (Å²) in [5.41, 5.74) is 2.69. The number of hydrogen-bond acceptors (Lipinski definition) is 6. The van der Waals surface area contributed by atoms with Crippen molar-refractivity contribution >= 4 is 38.6 Å². The van der Waals surface area contributed by atoms with Crippen molar-refractivity contribution in [3.8, 4) is 0 Å². The van der Waals surface area contributed by atoms with E-state index >= 15 is 0 Å². The molecule has 6 nitrogen and oxygen atoms in total. The molecule has 0 aliphatic carbocycles. The Morgan fingerprint density at radius 2 is 1.83 bits per heavy atom. The number of ether oxygens (including phenoxy) is 1. The molecule has 3 heterocycles. The van der Waals surface area contributed by atoms with E-state index in [4.69, 9.17) is 9.15 Å². The summed E-state index contributed by atoms with van der Waals surface area (Å²) in [5, 5.41) is 0.897. The van der Waals surface area contributed by atoms with Gasteiger partial charge < -0.3 is 14.1 Å². The third-order valence-electron chi connectivity index (χ3n) is 5.30. The highest BCUT2D eigenvalue weighted by Crippen LogP contribution is 2.30. The highest BCUT2D eigenvalue weighted by molar-refractivity contribution is 7.18. The molecule has 0 unspecified atom stereocenters. The standard InChI is InChI=1S/C22H21N3O3S/c26-21(14-27-13-20-23-17-6-2-4-8-19(17)29-20)25-11-9-15(10-12-25)22-24-16-5-1-3-7-18(16)28-22/h1-8,15H,9-14H2. The van der Waals surface area contributed by atoms with Crippen LogP contribution in [0.15, 0.2) is 52.9 Å². The molecule has 5 rings (SSSR count). The molecule has 29 heavy (non-hydrogen) atoms. The van der Waals surface area contributed by atoms with E-state index in [-0.39, 0.29) is 18.4 Å². The van der Waals surface area contributed by atoms with E-state index in [0.29, 0.717) is 19.7 Å². The molecule has 1 amide bonds. The van der Waals surface area contributed by atoms with Gasteiger partial charge in [0.1, 0.15) is 17.1 Å². The molecule has 0 radical (unpaired) electrons. The number of fused-ring (bicyclic) bond motifs is 2. The van der Waals surface area contributed by atoms with Gasteiger partial charge in [0.15, 0.2) is 11.5 Å². The van der Waals surface area contributed by atoms with Gasteiger partial charge in [0.2, 0.25) is 5.91 Å². The number of oxazole rings is 1. The van der Waals surface area contributed by atoms with E-state index in [1.54, 1.807) is 11.3 Å². The summed E-state index contributed by atoms with van der Waals surface area (Å²) >= 11 is 1.61. The number of aromatic nitrogens is 2. The minimum absolute atomic E-state index is 0.0297. The Balaban J connectivity index is 1.12. The molecular weight excluding hydrogens is 386 g/mol. The third kappa shape index (κ3) is 3.88. The second kappa shape index (κ2) is 7.93. The van der Waals surface area contributed by atoms with E-state index in [9.17, 15) is 4.79 Å². The smallest absolute Gasteiger partial charge is 0.248 e. The van der Waals surface area contributed by atoms with Gasteiger partial charge in [-0.1, -0.05) is 24.3 Å². The molecule has 2 aromatic carbocycles. The van der Waals surface area contributed by atoms with E-state index in [0.717, 1.165) is 45.1 Å². The second-order valence-electron chi connectivity index (χ2n) is 7.24. The maximum atomic E-state index is 12.5. The van der Waals surface area contributed by atoms with Crippen molar-refractivity contribution in [3.63, 3.8) is 0 Å². The van der Waals surface area contributed by atoms with Gasteiger partial charge >= 0.3 is 0 Å². The summed E-state index contributed by atoms with van der Waals surface area (Å²) in [6, 6.07) is 15.8. The maximum Gasteiger partial charge on any atom is 0.248 e. The number of likely N-dealkylation sites (tertiary alicyclic amines) is 1. The Morgan fingerprint density at radius 1 is 1.07 bits per heavy atom. The van der Waals surface area contributed by atoms with Crippen LogP contribution in [0.4, 0.5) is 0 Å². The average Bonchev–Trinajstić information content (AvgIpc) is 3.37. The lowest BCUT2D eigenvalue weighted by molar-refractivity contribution is -0.137. The zero-order valence-corrected chi connectivity index (χ0v) is 16.7. The second-order valence-corrected chi connectivity index (χ2v) is 8.36. The van der Waals surface area contributed by atoms with Crippen LogP contribution in [-0.4, -0.2) is 40.5 Å². The molecule has 148 valence electrons. The lowest BCUT2D eigenvalue weighted by Gasteiger charge is -2.30. The first-order valence-electron chi connectivity index (χ1n) is 9.82. The number of rotatable bonds is 5. The summed E-state index contributed by atoms with van der Waals surface area (Å²) in [4.78, 5) is 23.5.